The SMILES string of the molecule is Cc1ccc2c(c1)C1(C(=O)N2)C2C(=O)N(c3ccc([N+](=O)[O-])cc3)C(=O)C2C2CCCN21. The number of aryl methyl sites for hydroxylation is 1. The number of imide groups is 1. The van der Waals surface area contributed by atoms with Crippen molar-refractivity contribution >= 4 is 34.8 Å². The lowest BCUT2D eigenvalue weighted by Gasteiger charge is -2.36. The minimum atomic E-state index is -1.21. The van der Waals surface area contributed by atoms with Crippen molar-refractivity contribution in [1.82, 2.24) is 4.90 Å². The van der Waals surface area contributed by atoms with Crippen LogP contribution in [0.5, 0.6) is 0 Å². The molecule has 3 saturated heterocycles. The second-order valence-electron chi connectivity index (χ2n) is 8.96. The highest BCUT2D eigenvalue weighted by molar-refractivity contribution is 6.25. The van der Waals surface area contributed by atoms with E-state index in [1.54, 1.807) is 0 Å². The summed E-state index contributed by atoms with van der Waals surface area (Å²) >= 11 is 0. The zero-order valence-electron chi connectivity index (χ0n) is 17.3. The normalized spacial score (nSPS) is 30.6. The molecule has 0 bridgehead atoms. The smallest absolute Gasteiger partial charge is 0.269 e. The van der Waals surface area contributed by atoms with E-state index in [0.717, 1.165) is 28.9 Å². The molecule has 162 valence electrons. The Balaban J connectivity index is 1.51. The molecule has 3 amide bonds. The van der Waals surface area contributed by atoms with Crippen molar-refractivity contribution in [1.29, 1.82) is 0 Å². The van der Waals surface area contributed by atoms with E-state index < -0.39 is 28.2 Å². The maximum atomic E-state index is 13.8. The topological polar surface area (TPSA) is 113 Å². The summed E-state index contributed by atoms with van der Waals surface area (Å²) < 4.78 is 0. The molecule has 4 unspecified atom stereocenters. The van der Waals surface area contributed by atoms with Gasteiger partial charge in [0.25, 0.3) is 5.69 Å². The van der Waals surface area contributed by atoms with Gasteiger partial charge in [0, 0.05) is 29.4 Å². The van der Waals surface area contributed by atoms with E-state index in [1.807, 2.05) is 25.1 Å². The molecule has 6 rings (SSSR count). The number of rotatable bonds is 2. The number of carbonyl (C=O) groups excluding carboxylic acids is 3. The fourth-order valence-corrected chi connectivity index (χ4v) is 6.29. The van der Waals surface area contributed by atoms with E-state index in [1.165, 1.54) is 24.3 Å². The summed E-state index contributed by atoms with van der Waals surface area (Å²) in [6.45, 7) is 2.59. The van der Waals surface area contributed by atoms with Crippen molar-refractivity contribution in [2.75, 3.05) is 16.8 Å². The second kappa shape index (κ2) is 6.23. The first kappa shape index (κ1) is 19.1. The molecule has 32 heavy (non-hydrogen) atoms. The lowest BCUT2D eigenvalue weighted by atomic mass is 9.75. The number of hydrogen-bond acceptors (Lipinski definition) is 6. The van der Waals surface area contributed by atoms with E-state index >= 15 is 0 Å². The van der Waals surface area contributed by atoms with Crippen molar-refractivity contribution in [2.24, 2.45) is 11.8 Å². The number of hydrogen-bond donors (Lipinski definition) is 1. The van der Waals surface area contributed by atoms with Crippen molar-refractivity contribution in [3.8, 4) is 0 Å². The summed E-state index contributed by atoms with van der Waals surface area (Å²) in [5, 5.41) is 14.0. The van der Waals surface area contributed by atoms with Crippen LogP contribution < -0.4 is 10.2 Å². The number of fused-ring (bicyclic) bond motifs is 7. The van der Waals surface area contributed by atoms with Gasteiger partial charge in [-0.2, -0.15) is 0 Å². The molecule has 0 aliphatic carbocycles. The Morgan fingerprint density at radius 1 is 1.09 bits per heavy atom. The number of anilines is 2. The summed E-state index contributed by atoms with van der Waals surface area (Å²) in [6.07, 6.45) is 1.59. The summed E-state index contributed by atoms with van der Waals surface area (Å²) in [5.74, 6) is -2.48. The zero-order chi connectivity index (χ0) is 22.4. The molecular formula is C23H20N4O5. The average Bonchev–Trinajstić information content (AvgIpc) is 3.47. The molecule has 0 aromatic heterocycles. The molecular weight excluding hydrogens is 412 g/mol. The molecule has 2 aromatic rings. The molecule has 9 nitrogen and oxygen atoms in total. The standard InChI is InChI=1S/C23H20N4O5/c1-12-4-9-16-15(11-12)23(22(30)24-16)19-18(17-3-2-10-25(17)23)20(28)26(21(19)29)13-5-7-14(8-6-13)27(31)32/h4-9,11,17-19H,2-3,10H2,1H3,(H,24,30). The number of nitro benzene ring substituents is 1. The van der Waals surface area contributed by atoms with Gasteiger partial charge in [0.1, 0.15) is 5.54 Å². The van der Waals surface area contributed by atoms with Gasteiger partial charge >= 0.3 is 0 Å². The number of nitrogens with one attached hydrogen (secondary N) is 1. The molecule has 3 fully saturated rings. The molecule has 4 aliphatic rings. The Morgan fingerprint density at radius 2 is 1.84 bits per heavy atom. The van der Waals surface area contributed by atoms with Gasteiger partial charge in [0.05, 0.1) is 22.4 Å². The largest absolute Gasteiger partial charge is 0.324 e. The Hall–Kier alpha value is -3.59. The molecule has 0 radical (unpaired) electrons. The zero-order valence-corrected chi connectivity index (χ0v) is 17.3. The monoisotopic (exact) mass is 432 g/mol. The fourth-order valence-electron chi connectivity index (χ4n) is 6.29. The number of amides is 3. The lowest BCUT2D eigenvalue weighted by molar-refractivity contribution is -0.384. The summed E-state index contributed by atoms with van der Waals surface area (Å²) in [7, 11) is 0. The van der Waals surface area contributed by atoms with Crippen LogP contribution in [0.1, 0.15) is 24.0 Å². The van der Waals surface area contributed by atoms with Gasteiger partial charge in [0.2, 0.25) is 17.7 Å². The average molecular weight is 432 g/mol. The highest BCUT2D eigenvalue weighted by Gasteiger charge is 2.74. The minimum absolute atomic E-state index is 0.119. The third kappa shape index (κ3) is 2.13. The third-order valence-electron chi connectivity index (χ3n) is 7.47. The van der Waals surface area contributed by atoms with Crippen molar-refractivity contribution in [3.05, 3.63) is 63.7 Å². The third-order valence-corrected chi connectivity index (χ3v) is 7.47. The molecule has 1 spiro atoms. The van der Waals surface area contributed by atoms with Crippen LogP contribution in [-0.2, 0) is 19.9 Å². The van der Waals surface area contributed by atoms with Crippen LogP contribution in [0.15, 0.2) is 42.5 Å². The van der Waals surface area contributed by atoms with E-state index in [-0.39, 0.29) is 23.5 Å². The van der Waals surface area contributed by atoms with Crippen LogP contribution >= 0.6 is 0 Å². The van der Waals surface area contributed by atoms with E-state index in [0.29, 0.717) is 17.9 Å². The number of non-ortho nitro benzene ring substituents is 1. The first-order chi connectivity index (χ1) is 15.4. The number of carbonyl (C=O) groups is 3. The molecule has 0 saturated carbocycles. The Labute approximate surface area is 183 Å². The van der Waals surface area contributed by atoms with Crippen LogP contribution in [0.4, 0.5) is 17.1 Å². The maximum Gasteiger partial charge on any atom is 0.269 e. The van der Waals surface area contributed by atoms with Crippen molar-refractivity contribution < 1.29 is 19.3 Å². The van der Waals surface area contributed by atoms with Gasteiger partial charge in [0.15, 0.2) is 0 Å². The van der Waals surface area contributed by atoms with Gasteiger partial charge in [-0.25, -0.2) is 4.90 Å². The molecule has 1 N–H and O–H groups in total. The first-order valence-corrected chi connectivity index (χ1v) is 10.7. The highest BCUT2D eigenvalue weighted by atomic mass is 16.6. The minimum Gasteiger partial charge on any atom is -0.324 e. The Morgan fingerprint density at radius 3 is 2.56 bits per heavy atom. The summed E-state index contributed by atoms with van der Waals surface area (Å²) in [5.41, 5.74) is 1.38. The predicted molar refractivity (Wildman–Crippen MR) is 114 cm³/mol. The van der Waals surface area contributed by atoms with Gasteiger partial charge in [-0.05, 0) is 44.5 Å². The predicted octanol–water partition coefficient (Wildman–Crippen LogP) is 2.33. The molecule has 4 atom stereocenters. The van der Waals surface area contributed by atoms with Gasteiger partial charge in [-0.3, -0.25) is 29.4 Å². The van der Waals surface area contributed by atoms with Crippen molar-refractivity contribution in [2.45, 2.75) is 31.3 Å². The van der Waals surface area contributed by atoms with Crippen LogP contribution in [0.2, 0.25) is 0 Å². The van der Waals surface area contributed by atoms with Gasteiger partial charge in [-0.1, -0.05) is 17.7 Å². The second-order valence-corrected chi connectivity index (χ2v) is 8.96. The van der Waals surface area contributed by atoms with Crippen molar-refractivity contribution in [3.63, 3.8) is 0 Å². The van der Waals surface area contributed by atoms with Gasteiger partial charge in [-0.15, -0.1) is 0 Å². The van der Waals surface area contributed by atoms with Crippen LogP contribution in [-0.4, -0.2) is 40.1 Å². The summed E-state index contributed by atoms with van der Waals surface area (Å²) in [4.78, 5) is 54.6. The quantitative estimate of drug-likeness (QED) is 0.443. The molecule has 4 heterocycles. The lowest BCUT2D eigenvalue weighted by Crippen LogP contribution is -2.54. The first-order valence-electron chi connectivity index (χ1n) is 10.7. The number of nitrogens with zero attached hydrogens (tertiary/aromatic N) is 3. The number of benzene rings is 2. The Kier molecular flexibility index (Phi) is 3.72. The van der Waals surface area contributed by atoms with Gasteiger partial charge < -0.3 is 5.32 Å². The van der Waals surface area contributed by atoms with Crippen LogP contribution in [0.3, 0.4) is 0 Å². The maximum absolute atomic E-state index is 13.8. The van der Waals surface area contributed by atoms with Crippen LogP contribution in [0.25, 0.3) is 0 Å². The van der Waals surface area contributed by atoms with E-state index in [9.17, 15) is 24.5 Å². The molecule has 4 aliphatic heterocycles. The Bertz CT molecular complexity index is 1230. The highest BCUT2D eigenvalue weighted by Crippen LogP contribution is 2.60. The fraction of sp³-hybridized carbons (Fsp3) is 0.348. The summed E-state index contributed by atoms with van der Waals surface area (Å²) in [6, 6.07) is 10.9. The molecule has 9 heteroatoms. The number of nitro groups is 1. The van der Waals surface area contributed by atoms with Crippen LogP contribution in [0, 0.1) is 28.9 Å². The van der Waals surface area contributed by atoms with E-state index in [2.05, 4.69) is 10.2 Å². The van der Waals surface area contributed by atoms with E-state index in [4.69, 9.17) is 0 Å². The molecule has 2 aromatic carbocycles.